The quantitative estimate of drug-likeness (QED) is 0.535. The summed E-state index contributed by atoms with van der Waals surface area (Å²) in [5, 5.41) is 8.18. The Hall–Kier alpha value is -3.54. The summed E-state index contributed by atoms with van der Waals surface area (Å²) in [4.78, 5) is 4.23. The molecule has 5 nitrogen and oxygen atoms in total. The summed E-state index contributed by atoms with van der Waals surface area (Å²) in [5.74, 6) is 0.286. The van der Waals surface area contributed by atoms with Gasteiger partial charge in [-0.05, 0) is 29.3 Å². The molecule has 0 aliphatic rings. The van der Waals surface area contributed by atoms with Crippen LogP contribution >= 0.6 is 0 Å². The van der Waals surface area contributed by atoms with E-state index in [1.165, 1.54) is 6.07 Å². The van der Waals surface area contributed by atoms with Crippen LogP contribution in [0, 0.1) is 5.82 Å². The predicted octanol–water partition coefficient (Wildman–Crippen LogP) is 4.20. The molecule has 4 aromatic rings. The van der Waals surface area contributed by atoms with Crippen molar-refractivity contribution in [1.82, 2.24) is 20.0 Å². The van der Waals surface area contributed by atoms with Gasteiger partial charge in [0, 0.05) is 23.4 Å². The molecule has 2 aromatic carbocycles. The highest BCUT2D eigenvalue weighted by molar-refractivity contribution is 5.63. The van der Waals surface area contributed by atoms with Crippen molar-refractivity contribution >= 4 is 0 Å². The molecule has 0 bridgehead atoms. The van der Waals surface area contributed by atoms with Crippen molar-refractivity contribution in [3.63, 3.8) is 0 Å². The Kier molecular flexibility index (Phi) is 4.61. The summed E-state index contributed by atoms with van der Waals surface area (Å²) < 4.78 is 20.7. The minimum absolute atomic E-state index is 0.304. The molecule has 0 aliphatic heterocycles. The van der Waals surface area contributed by atoms with Gasteiger partial charge in [0.15, 0.2) is 0 Å². The molecule has 134 valence electrons. The molecule has 0 saturated carbocycles. The number of benzene rings is 2. The number of ether oxygens (including phenoxy) is 1. The van der Waals surface area contributed by atoms with Crippen molar-refractivity contribution in [2.75, 3.05) is 7.11 Å². The predicted molar refractivity (Wildman–Crippen MR) is 101 cm³/mol. The first-order chi connectivity index (χ1) is 13.2. The van der Waals surface area contributed by atoms with Gasteiger partial charge in [-0.3, -0.25) is 0 Å². The first kappa shape index (κ1) is 16.9. The highest BCUT2D eigenvalue weighted by Gasteiger charge is 2.09. The molecule has 2 heterocycles. The maximum atomic E-state index is 13.9. The normalized spacial score (nSPS) is 10.7. The summed E-state index contributed by atoms with van der Waals surface area (Å²) in [7, 11) is 1.60. The van der Waals surface area contributed by atoms with Crippen molar-refractivity contribution in [2.24, 2.45) is 0 Å². The molecule has 0 amide bonds. The third-order valence-electron chi connectivity index (χ3n) is 4.27. The molecule has 0 N–H and O–H groups in total. The number of methoxy groups -OCH3 is 1. The molecule has 0 spiro atoms. The van der Waals surface area contributed by atoms with Gasteiger partial charge >= 0.3 is 0 Å². The molecular weight excluding hydrogens is 343 g/mol. The van der Waals surface area contributed by atoms with Gasteiger partial charge in [0.05, 0.1) is 19.9 Å². The number of nitrogens with zero attached hydrogens (tertiary/aromatic N) is 4. The molecule has 2 aromatic heterocycles. The summed E-state index contributed by atoms with van der Waals surface area (Å²) in [6, 6.07) is 18.5. The van der Waals surface area contributed by atoms with E-state index in [1.54, 1.807) is 42.4 Å². The van der Waals surface area contributed by atoms with Crippen molar-refractivity contribution in [3.8, 4) is 28.3 Å². The second-order valence-electron chi connectivity index (χ2n) is 6.07. The Morgan fingerprint density at radius 1 is 0.963 bits per heavy atom. The monoisotopic (exact) mass is 360 g/mol. The fourth-order valence-electron chi connectivity index (χ4n) is 2.83. The number of rotatable bonds is 5. The number of hydrogen-bond donors (Lipinski definition) is 0. The van der Waals surface area contributed by atoms with Crippen LogP contribution in [-0.4, -0.2) is 27.1 Å². The average Bonchev–Trinajstić information content (AvgIpc) is 3.17. The van der Waals surface area contributed by atoms with Crippen LogP contribution in [0.2, 0.25) is 0 Å². The van der Waals surface area contributed by atoms with Crippen LogP contribution in [0.3, 0.4) is 0 Å². The molecule has 0 fully saturated rings. The second kappa shape index (κ2) is 7.37. The summed E-state index contributed by atoms with van der Waals surface area (Å²) in [5.41, 5.74) is 4.13. The van der Waals surface area contributed by atoms with Gasteiger partial charge in [-0.15, -0.1) is 5.10 Å². The van der Waals surface area contributed by atoms with E-state index < -0.39 is 0 Å². The van der Waals surface area contributed by atoms with E-state index in [2.05, 4.69) is 15.3 Å². The molecule has 0 saturated heterocycles. The van der Waals surface area contributed by atoms with Gasteiger partial charge in [0.25, 0.3) is 0 Å². The Morgan fingerprint density at radius 2 is 1.74 bits per heavy atom. The number of aromatic nitrogens is 4. The van der Waals surface area contributed by atoms with E-state index in [-0.39, 0.29) is 5.82 Å². The zero-order chi connectivity index (χ0) is 18.6. The Labute approximate surface area is 156 Å². The zero-order valence-corrected chi connectivity index (χ0v) is 14.7. The van der Waals surface area contributed by atoms with E-state index in [4.69, 9.17) is 4.74 Å². The van der Waals surface area contributed by atoms with E-state index in [1.807, 2.05) is 36.4 Å². The first-order valence-corrected chi connectivity index (χ1v) is 8.47. The summed E-state index contributed by atoms with van der Waals surface area (Å²) in [6.45, 7) is 0.558. The Bertz CT molecular complexity index is 1040. The van der Waals surface area contributed by atoms with E-state index in [0.29, 0.717) is 23.7 Å². The minimum atomic E-state index is -0.304. The lowest BCUT2D eigenvalue weighted by Crippen LogP contribution is -2.00. The molecule has 0 aliphatic carbocycles. The molecule has 0 radical (unpaired) electrons. The molecule has 0 atom stereocenters. The van der Waals surface area contributed by atoms with Crippen molar-refractivity contribution < 1.29 is 9.13 Å². The van der Waals surface area contributed by atoms with Gasteiger partial charge in [0.2, 0.25) is 5.88 Å². The fourth-order valence-corrected chi connectivity index (χ4v) is 2.83. The highest BCUT2D eigenvalue weighted by Crippen LogP contribution is 2.22. The summed E-state index contributed by atoms with van der Waals surface area (Å²) in [6.07, 6.45) is 3.53. The van der Waals surface area contributed by atoms with Gasteiger partial charge < -0.3 is 4.74 Å². The third kappa shape index (κ3) is 3.69. The van der Waals surface area contributed by atoms with Gasteiger partial charge in [-0.2, -0.15) is 0 Å². The average molecular weight is 360 g/mol. The lowest BCUT2D eigenvalue weighted by Gasteiger charge is -2.05. The van der Waals surface area contributed by atoms with Crippen LogP contribution in [0.4, 0.5) is 4.39 Å². The van der Waals surface area contributed by atoms with Crippen LogP contribution in [0.25, 0.3) is 22.4 Å². The smallest absolute Gasteiger partial charge is 0.212 e. The topological polar surface area (TPSA) is 52.8 Å². The molecule has 6 heteroatoms. The number of pyridine rings is 1. The van der Waals surface area contributed by atoms with Crippen LogP contribution in [0.5, 0.6) is 5.88 Å². The maximum absolute atomic E-state index is 13.9. The highest BCUT2D eigenvalue weighted by atomic mass is 19.1. The number of halogens is 1. The first-order valence-electron chi connectivity index (χ1n) is 8.47. The van der Waals surface area contributed by atoms with Crippen LogP contribution in [0.15, 0.2) is 73.1 Å². The lowest BCUT2D eigenvalue weighted by molar-refractivity contribution is 0.398. The minimum Gasteiger partial charge on any atom is -0.481 e. The Morgan fingerprint density at radius 3 is 2.44 bits per heavy atom. The van der Waals surface area contributed by atoms with Crippen molar-refractivity contribution in [1.29, 1.82) is 0 Å². The number of hydrogen-bond acceptors (Lipinski definition) is 4. The molecule has 0 unspecified atom stereocenters. The van der Waals surface area contributed by atoms with Crippen LogP contribution in [-0.2, 0) is 6.54 Å². The van der Waals surface area contributed by atoms with Crippen molar-refractivity contribution in [3.05, 3.63) is 84.4 Å². The van der Waals surface area contributed by atoms with Crippen LogP contribution < -0.4 is 4.74 Å². The van der Waals surface area contributed by atoms with E-state index >= 15 is 0 Å². The SMILES string of the molecule is COc1ccc(-c2ccc(Cn3cc(-c4ccccc4F)nn3)cc2)cn1. The maximum Gasteiger partial charge on any atom is 0.212 e. The van der Waals surface area contributed by atoms with E-state index in [0.717, 1.165) is 16.7 Å². The molecule has 4 rings (SSSR count). The summed E-state index contributed by atoms with van der Waals surface area (Å²) >= 11 is 0. The standard InChI is InChI=1S/C21H17FN4O/c1-27-21-11-10-17(12-23-21)16-8-6-15(7-9-16)13-26-14-20(24-25-26)18-4-2-3-5-19(18)22/h2-12,14H,13H2,1H3. The van der Waals surface area contributed by atoms with Gasteiger partial charge in [0.1, 0.15) is 11.5 Å². The van der Waals surface area contributed by atoms with Gasteiger partial charge in [-0.1, -0.05) is 41.6 Å². The third-order valence-corrected chi connectivity index (χ3v) is 4.27. The second-order valence-corrected chi connectivity index (χ2v) is 6.07. The van der Waals surface area contributed by atoms with Crippen molar-refractivity contribution in [2.45, 2.75) is 6.54 Å². The zero-order valence-electron chi connectivity index (χ0n) is 14.7. The fraction of sp³-hybridized carbons (Fsp3) is 0.0952. The molecular formula is C21H17FN4O. The Balaban J connectivity index is 1.49. The van der Waals surface area contributed by atoms with E-state index in [9.17, 15) is 4.39 Å². The van der Waals surface area contributed by atoms with Crippen LogP contribution in [0.1, 0.15) is 5.56 Å². The van der Waals surface area contributed by atoms with Gasteiger partial charge in [-0.25, -0.2) is 14.1 Å². The molecule has 27 heavy (non-hydrogen) atoms. The largest absolute Gasteiger partial charge is 0.481 e. The lowest BCUT2D eigenvalue weighted by atomic mass is 10.1.